The zero-order chi connectivity index (χ0) is 27.1. The van der Waals surface area contributed by atoms with E-state index in [2.05, 4.69) is 4.72 Å². The average Bonchev–Trinajstić information content (AvgIpc) is 3.56. The van der Waals surface area contributed by atoms with Crippen LogP contribution in [0.25, 0.3) is 0 Å². The van der Waals surface area contributed by atoms with Crippen molar-refractivity contribution in [1.29, 1.82) is 0 Å². The Bertz CT molecular complexity index is 1220. The van der Waals surface area contributed by atoms with Crippen molar-refractivity contribution in [3.63, 3.8) is 0 Å². The first kappa shape index (κ1) is 28.8. The van der Waals surface area contributed by atoms with Crippen LogP contribution in [-0.2, 0) is 43.7 Å². The number of rotatable bonds is 13. The fourth-order valence-corrected chi connectivity index (χ4v) is 6.42. The minimum absolute atomic E-state index is 0.0542. The number of nitrogens with zero attached hydrogens (tertiary/aromatic N) is 1. The Kier molecular flexibility index (Phi) is 10.1. The molecule has 1 fully saturated rings. The molecule has 1 amide bonds. The number of benzene rings is 2. The van der Waals surface area contributed by atoms with Crippen molar-refractivity contribution in [2.75, 3.05) is 40.1 Å². The number of methoxy groups -OCH3 is 1. The molecular weight excluding hydrogens is 528 g/mol. The predicted octanol–water partition coefficient (Wildman–Crippen LogP) is 3.98. The molecule has 0 bridgehead atoms. The highest BCUT2D eigenvalue weighted by atomic mass is 35.5. The summed E-state index contributed by atoms with van der Waals surface area (Å²) in [7, 11) is -1.95. The lowest BCUT2D eigenvalue weighted by Gasteiger charge is -2.31. The largest absolute Gasteiger partial charge is 0.491 e. The molecule has 2 unspecified atom stereocenters. The van der Waals surface area contributed by atoms with Crippen molar-refractivity contribution in [3.05, 3.63) is 58.1 Å². The van der Waals surface area contributed by atoms with E-state index in [1.807, 2.05) is 30.0 Å². The maximum atomic E-state index is 13.7. The monoisotopic (exact) mass is 564 g/mol. The molecule has 0 radical (unpaired) electrons. The van der Waals surface area contributed by atoms with Gasteiger partial charge in [-0.25, -0.2) is 13.1 Å². The van der Waals surface area contributed by atoms with Crippen molar-refractivity contribution in [2.24, 2.45) is 5.92 Å². The van der Waals surface area contributed by atoms with E-state index in [0.717, 1.165) is 29.5 Å². The molecule has 8 nitrogen and oxygen atoms in total. The standard InChI is InChI=1S/C28H37ClN2O6S/c1-3-9-30-38(33,34)26-6-4-21-15-25(16-22(21)17-26)31(28(32)13-20-8-10-36-19-20)18-23-14-24(29)5-7-27(23)37-12-11-35-2/h4-7,14,17,20,25,30H,3,8-13,15-16,18-19H2,1-2H3. The van der Waals surface area contributed by atoms with E-state index in [1.165, 1.54) is 0 Å². The number of nitrogens with one attached hydrogen (secondary N) is 1. The van der Waals surface area contributed by atoms with E-state index in [4.69, 9.17) is 25.8 Å². The molecule has 1 aliphatic heterocycles. The third kappa shape index (κ3) is 7.27. The average molecular weight is 565 g/mol. The van der Waals surface area contributed by atoms with Crippen LogP contribution >= 0.6 is 11.6 Å². The van der Waals surface area contributed by atoms with Gasteiger partial charge < -0.3 is 19.1 Å². The fraction of sp³-hybridized carbons (Fsp3) is 0.536. The predicted molar refractivity (Wildman–Crippen MR) is 146 cm³/mol. The second-order valence-electron chi connectivity index (χ2n) is 9.94. The third-order valence-corrected chi connectivity index (χ3v) is 8.79. The quantitative estimate of drug-likeness (QED) is 0.370. The SMILES string of the molecule is CCCNS(=O)(=O)c1ccc2c(c1)CC(N(Cc1cc(Cl)ccc1OCCOC)C(=O)CC1CCOC1)C2. The van der Waals surface area contributed by atoms with Crippen molar-refractivity contribution >= 4 is 27.5 Å². The second-order valence-corrected chi connectivity index (χ2v) is 12.1. The van der Waals surface area contributed by atoms with Crippen molar-refractivity contribution in [3.8, 4) is 5.75 Å². The minimum Gasteiger partial charge on any atom is -0.491 e. The van der Waals surface area contributed by atoms with Gasteiger partial charge in [-0.15, -0.1) is 0 Å². The highest BCUT2D eigenvalue weighted by Crippen LogP contribution is 2.32. The molecule has 2 aromatic rings. The first-order chi connectivity index (χ1) is 18.3. The van der Waals surface area contributed by atoms with Gasteiger partial charge in [-0.3, -0.25) is 4.79 Å². The second kappa shape index (κ2) is 13.3. The molecule has 2 aliphatic rings. The molecule has 1 aliphatic carbocycles. The van der Waals surface area contributed by atoms with E-state index in [-0.39, 0.29) is 22.8 Å². The molecule has 4 rings (SSSR count). The lowest BCUT2D eigenvalue weighted by Crippen LogP contribution is -2.41. The summed E-state index contributed by atoms with van der Waals surface area (Å²) in [5.41, 5.74) is 2.85. The number of halogens is 1. The summed E-state index contributed by atoms with van der Waals surface area (Å²) in [5.74, 6) is 0.921. The van der Waals surface area contributed by atoms with E-state index in [0.29, 0.717) is 69.6 Å². The molecule has 0 spiro atoms. The fourth-order valence-electron chi connectivity index (χ4n) is 5.04. The van der Waals surface area contributed by atoms with Gasteiger partial charge in [-0.2, -0.15) is 0 Å². The summed E-state index contributed by atoms with van der Waals surface area (Å²) >= 11 is 6.34. The molecule has 10 heteroatoms. The van der Waals surface area contributed by atoms with Crippen molar-refractivity contribution < 1.29 is 27.4 Å². The van der Waals surface area contributed by atoms with Crippen LogP contribution in [0, 0.1) is 5.92 Å². The molecule has 2 atom stereocenters. The van der Waals surface area contributed by atoms with Crippen LogP contribution < -0.4 is 9.46 Å². The van der Waals surface area contributed by atoms with Gasteiger partial charge in [0.1, 0.15) is 12.4 Å². The smallest absolute Gasteiger partial charge is 0.240 e. The van der Waals surface area contributed by atoms with Gasteiger partial charge in [-0.1, -0.05) is 24.6 Å². The molecule has 0 aromatic heterocycles. The summed E-state index contributed by atoms with van der Waals surface area (Å²) in [6.45, 7) is 4.77. The Balaban J connectivity index is 1.58. The molecule has 0 saturated carbocycles. The Morgan fingerprint density at radius 3 is 2.71 bits per heavy atom. The number of amides is 1. The summed E-state index contributed by atoms with van der Waals surface area (Å²) in [4.78, 5) is 15.9. The lowest BCUT2D eigenvalue weighted by molar-refractivity contribution is -0.135. The van der Waals surface area contributed by atoms with Crippen molar-refractivity contribution in [1.82, 2.24) is 9.62 Å². The lowest BCUT2D eigenvalue weighted by atomic mass is 10.0. The van der Waals surface area contributed by atoms with Gasteiger partial charge in [0.15, 0.2) is 0 Å². The van der Waals surface area contributed by atoms with E-state index >= 15 is 0 Å². The van der Waals surface area contributed by atoms with Crippen LogP contribution in [0.15, 0.2) is 41.3 Å². The Morgan fingerprint density at radius 2 is 1.97 bits per heavy atom. The summed E-state index contributed by atoms with van der Waals surface area (Å²) in [6.07, 6.45) is 3.24. The van der Waals surface area contributed by atoms with E-state index in [9.17, 15) is 13.2 Å². The third-order valence-electron chi connectivity index (χ3n) is 7.10. The highest BCUT2D eigenvalue weighted by Gasteiger charge is 2.33. The van der Waals surface area contributed by atoms with Gasteiger partial charge in [0.25, 0.3) is 0 Å². The number of fused-ring (bicyclic) bond motifs is 1. The number of ether oxygens (including phenoxy) is 3. The molecule has 1 saturated heterocycles. The molecule has 1 heterocycles. The van der Waals surface area contributed by atoms with Crippen LogP contribution in [0.3, 0.4) is 0 Å². The van der Waals surface area contributed by atoms with Crippen LogP contribution in [0.2, 0.25) is 5.02 Å². The summed E-state index contributed by atoms with van der Waals surface area (Å²) in [5, 5.41) is 0.569. The Hall–Kier alpha value is -2.17. The van der Waals surface area contributed by atoms with Gasteiger partial charge >= 0.3 is 0 Å². The van der Waals surface area contributed by atoms with Gasteiger partial charge in [-0.05, 0) is 73.1 Å². The number of carbonyl (C=O) groups is 1. The zero-order valence-corrected chi connectivity index (χ0v) is 23.7. The Labute approximate surface area is 230 Å². The van der Waals surface area contributed by atoms with Gasteiger partial charge in [0, 0.05) is 56.5 Å². The topological polar surface area (TPSA) is 94.2 Å². The zero-order valence-electron chi connectivity index (χ0n) is 22.1. The van der Waals surface area contributed by atoms with Crippen molar-refractivity contribution in [2.45, 2.75) is 56.5 Å². The molecule has 1 N–H and O–H groups in total. The van der Waals surface area contributed by atoms with Gasteiger partial charge in [0.05, 0.1) is 11.5 Å². The van der Waals surface area contributed by atoms with Gasteiger partial charge in [0.2, 0.25) is 15.9 Å². The first-order valence-corrected chi connectivity index (χ1v) is 15.1. The number of hydrogen-bond donors (Lipinski definition) is 1. The van der Waals surface area contributed by atoms with Crippen LogP contribution in [-0.4, -0.2) is 65.3 Å². The molecule has 2 aromatic carbocycles. The van der Waals surface area contributed by atoms with Crippen LogP contribution in [0.1, 0.15) is 42.9 Å². The number of carbonyl (C=O) groups excluding carboxylic acids is 1. The minimum atomic E-state index is -3.57. The normalized spacial score (nSPS) is 18.9. The molecule has 208 valence electrons. The Morgan fingerprint density at radius 1 is 1.16 bits per heavy atom. The van der Waals surface area contributed by atoms with Crippen LogP contribution in [0.5, 0.6) is 5.75 Å². The first-order valence-electron chi connectivity index (χ1n) is 13.2. The summed E-state index contributed by atoms with van der Waals surface area (Å²) in [6, 6.07) is 10.6. The number of hydrogen-bond acceptors (Lipinski definition) is 6. The van der Waals surface area contributed by atoms with E-state index < -0.39 is 10.0 Å². The maximum Gasteiger partial charge on any atom is 0.240 e. The summed E-state index contributed by atoms with van der Waals surface area (Å²) < 4.78 is 44.6. The molecule has 38 heavy (non-hydrogen) atoms. The number of sulfonamides is 1. The molecular formula is C28H37ClN2O6S. The highest BCUT2D eigenvalue weighted by molar-refractivity contribution is 7.89. The maximum absolute atomic E-state index is 13.7. The van der Waals surface area contributed by atoms with E-state index in [1.54, 1.807) is 25.3 Å². The van der Waals surface area contributed by atoms with Crippen LogP contribution in [0.4, 0.5) is 0 Å².